The molecule has 3 rings (SSSR count). The fraction of sp³-hybridized carbons (Fsp3) is 0.588. The molecule has 2 saturated carbocycles. The van der Waals surface area contributed by atoms with Gasteiger partial charge in [-0.25, -0.2) is 0 Å². The zero-order valence-electron chi connectivity index (χ0n) is 12.6. The Morgan fingerprint density at radius 3 is 2.81 bits per heavy atom. The van der Waals surface area contributed by atoms with Gasteiger partial charge in [-0.1, -0.05) is 18.0 Å². The molecule has 2 bridgehead atoms. The highest BCUT2D eigenvalue weighted by Gasteiger charge is 2.40. The van der Waals surface area contributed by atoms with Crippen LogP contribution in [0.1, 0.15) is 37.7 Å². The summed E-state index contributed by atoms with van der Waals surface area (Å²) in [5.41, 5.74) is 1.65. The minimum atomic E-state index is 0.0903. The first-order valence-electron chi connectivity index (χ1n) is 7.70. The van der Waals surface area contributed by atoms with Crippen LogP contribution in [0.25, 0.3) is 0 Å². The minimum Gasteiger partial charge on any atom is -0.495 e. The molecule has 1 amide bonds. The third kappa shape index (κ3) is 3.03. The Balaban J connectivity index is 1.66. The van der Waals surface area contributed by atoms with E-state index in [-0.39, 0.29) is 5.91 Å². The number of benzene rings is 1. The molecular weight excluding hydrogens is 286 g/mol. The van der Waals surface area contributed by atoms with Gasteiger partial charge in [-0.15, -0.1) is 0 Å². The molecule has 2 aliphatic carbocycles. The monoisotopic (exact) mass is 307 g/mol. The molecule has 4 heteroatoms. The van der Waals surface area contributed by atoms with Crippen molar-refractivity contribution in [2.45, 2.75) is 39.0 Å². The topological polar surface area (TPSA) is 38.3 Å². The van der Waals surface area contributed by atoms with Crippen LogP contribution in [-0.2, 0) is 4.79 Å². The van der Waals surface area contributed by atoms with Crippen molar-refractivity contribution in [1.82, 2.24) is 0 Å². The first-order valence-corrected chi connectivity index (χ1v) is 8.08. The number of halogens is 1. The molecule has 3 atom stereocenters. The summed E-state index contributed by atoms with van der Waals surface area (Å²) in [6, 6.07) is 3.63. The van der Waals surface area contributed by atoms with Gasteiger partial charge in [0.05, 0.1) is 12.8 Å². The van der Waals surface area contributed by atoms with Gasteiger partial charge in [-0.05, 0) is 55.6 Å². The molecule has 3 nitrogen and oxygen atoms in total. The number of amides is 1. The lowest BCUT2D eigenvalue weighted by Gasteiger charge is -2.21. The van der Waals surface area contributed by atoms with Crippen molar-refractivity contribution in [3.05, 3.63) is 22.7 Å². The number of hydrogen-bond acceptors (Lipinski definition) is 2. The fourth-order valence-electron chi connectivity index (χ4n) is 4.00. The van der Waals surface area contributed by atoms with Gasteiger partial charge >= 0.3 is 0 Å². The number of anilines is 1. The zero-order chi connectivity index (χ0) is 15.0. The average Bonchev–Trinajstić information content (AvgIpc) is 3.05. The predicted octanol–water partition coefficient (Wildman–Crippen LogP) is 4.42. The van der Waals surface area contributed by atoms with Crippen LogP contribution in [-0.4, -0.2) is 13.0 Å². The van der Waals surface area contributed by atoms with E-state index < -0.39 is 0 Å². The number of rotatable bonds is 4. The summed E-state index contributed by atoms with van der Waals surface area (Å²) in [4.78, 5) is 12.3. The molecule has 0 spiro atoms. The molecule has 0 unspecified atom stereocenters. The zero-order valence-corrected chi connectivity index (χ0v) is 13.4. The average molecular weight is 308 g/mol. The van der Waals surface area contributed by atoms with Crippen molar-refractivity contribution in [2.24, 2.45) is 17.8 Å². The Morgan fingerprint density at radius 1 is 1.38 bits per heavy atom. The van der Waals surface area contributed by atoms with Gasteiger partial charge in [0.15, 0.2) is 0 Å². The molecule has 0 aliphatic heterocycles. The van der Waals surface area contributed by atoms with Crippen molar-refractivity contribution in [1.29, 1.82) is 0 Å². The smallest absolute Gasteiger partial charge is 0.224 e. The van der Waals surface area contributed by atoms with Crippen LogP contribution in [0, 0.1) is 24.7 Å². The van der Waals surface area contributed by atoms with E-state index in [1.165, 1.54) is 25.7 Å². The molecule has 2 fully saturated rings. The van der Waals surface area contributed by atoms with Gasteiger partial charge in [0.25, 0.3) is 0 Å². The van der Waals surface area contributed by atoms with Gasteiger partial charge in [0.2, 0.25) is 5.91 Å². The number of carbonyl (C=O) groups excluding carboxylic acids is 1. The van der Waals surface area contributed by atoms with E-state index in [1.807, 2.05) is 13.0 Å². The SMILES string of the molecule is COc1cc(Cl)c(C)cc1NC(=O)C[C@@H]1C[C@@H]2CC[C@@H]1C2. The maximum atomic E-state index is 12.3. The molecule has 1 aromatic carbocycles. The molecule has 1 N–H and O–H groups in total. The lowest BCUT2D eigenvalue weighted by molar-refractivity contribution is -0.117. The maximum Gasteiger partial charge on any atom is 0.224 e. The van der Waals surface area contributed by atoms with Gasteiger partial charge in [0, 0.05) is 17.5 Å². The Bertz CT molecular complexity index is 558. The second kappa shape index (κ2) is 5.88. The van der Waals surface area contributed by atoms with E-state index >= 15 is 0 Å². The van der Waals surface area contributed by atoms with Crippen molar-refractivity contribution < 1.29 is 9.53 Å². The van der Waals surface area contributed by atoms with E-state index in [4.69, 9.17) is 16.3 Å². The van der Waals surface area contributed by atoms with Gasteiger partial charge < -0.3 is 10.1 Å². The number of hydrogen-bond donors (Lipinski definition) is 1. The molecular formula is C17H22ClNO2. The Morgan fingerprint density at radius 2 is 2.19 bits per heavy atom. The van der Waals surface area contributed by atoms with Crippen LogP contribution in [0.5, 0.6) is 5.75 Å². The highest BCUT2D eigenvalue weighted by molar-refractivity contribution is 6.31. The molecule has 21 heavy (non-hydrogen) atoms. The first-order chi connectivity index (χ1) is 10.1. The lowest BCUT2D eigenvalue weighted by Crippen LogP contribution is -2.20. The Labute approximate surface area is 131 Å². The van der Waals surface area contributed by atoms with Crippen LogP contribution >= 0.6 is 11.6 Å². The highest BCUT2D eigenvalue weighted by Crippen LogP contribution is 2.49. The van der Waals surface area contributed by atoms with E-state index in [2.05, 4.69) is 5.32 Å². The summed E-state index contributed by atoms with van der Waals surface area (Å²) in [6.45, 7) is 1.92. The summed E-state index contributed by atoms with van der Waals surface area (Å²) in [6.07, 6.45) is 5.88. The standard InChI is InChI=1S/C17H22ClNO2/c1-10-5-15(16(21-2)9-14(10)18)19-17(20)8-13-7-11-3-4-12(13)6-11/h5,9,11-13H,3-4,6-8H2,1-2H3,(H,19,20)/t11-,12-,13+/m1/s1. The van der Waals surface area contributed by atoms with Crippen LogP contribution in [0.2, 0.25) is 5.02 Å². The van der Waals surface area contributed by atoms with Crippen LogP contribution < -0.4 is 10.1 Å². The summed E-state index contributed by atoms with van der Waals surface area (Å²) in [7, 11) is 1.59. The second-order valence-corrected chi connectivity index (χ2v) is 6.90. The molecule has 2 aliphatic rings. The van der Waals surface area contributed by atoms with Gasteiger partial charge in [-0.3, -0.25) is 4.79 Å². The number of carbonyl (C=O) groups is 1. The summed E-state index contributed by atoms with van der Waals surface area (Å²) < 4.78 is 5.30. The van der Waals surface area contributed by atoms with Crippen molar-refractivity contribution in [2.75, 3.05) is 12.4 Å². The summed E-state index contributed by atoms with van der Waals surface area (Å²) in [5, 5.41) is 3.64. The number of fused-ring (bicyclic) bond motifs is 2. The Kier molecular flexibility index (Phi) is 4.12. The number of methoxy groups -OCH3 is 1. The van der Waals surface area contributed by atoms with Crippen LogP contribution in [0.15, 0.2) is 12.1 Å². The largest absolute Gasteiger partial charge is 0.495 e. The summed E-state index contributed by atoms with van der Waals surface area (Å²) >= 11 is 6.09. The fourth-order valence-corrected chi connectivity index (χ4v) is 4.15. The minimum absolute atomic E-state index is 0.0903. The van der Waals surface area contributed by atoms with Crippen molar-refractivity contribution in [3.8, 4) is 5.75 Å². The van der Waals surface area contributed by atoms with E-state index in [1.54, 1.807) is 13.2 Å². The number of nitrogens with one attached hydrogen (secondary N) is 1. The summed E-state index contributed by atoms with van der Waals surface area (Å²) in [5.74, 6) is 2.93. The lowest BCUT2D eigenvalue weighted by atomic mass is 9.86. The highest BCUT2D eigenvalue weighted by atomic mass is 35.5. The normalized spacial score (nSPS) is 26.9. The molecule has 1 aromatic rings. The molecule has 114 valence electrons. The maximum absolute atomic E-state index is 12.3. The van der Waals surface area contributed by atoms with E-state index in [0.29, 0.717) is 28.8 Å². The third-order valence-corrected chi connectivity index (χ3v) is 5.49. The molecule has 0 radical (unpaired) electrons. The first kappa shape index (κ1) is 14.7. The van der Waals surface area contributed by atoms with E-state index in [0.717, 1.165) is 17.4 Å². The third-order valence-electron chi connectivity index (χ3n) is 5.09. The number of aryl methyl sites for hydroxylation is 1. The van der Waals surface area contributed by atoms with Crippen molar-refractivity contribution >= 4 is 23.2 Å². The van der Waals surface area contributed by atoms with Crippen LogP contribution in [0.3, 0.4) is 0 Å². The second-order valence-electron chi connectivity index (χ2n) is 6.49. The quantitative estimate of drug-likeness (QED) is 0.894. The molecule has 0 aromatic heterocycles. The van der Waals surface area contributed by atoms with Gasteiger partial charge in [0.1, 0.15) is 5.75 Å². The van der Waals surface area contributed by atoms with Crippen molar-refractivity contribution in [3.63, 3.8) is 0 Å². The molecule has 0 heterocycles. The Hall–Kier alpha value is -1.22. The predicted molar refractivity (Wildman–Crippen MR) is 84.9 cm³/mol. The number of ether oxygens (including phenoxy) is 1. The molecule has 0 saturated heterocycles. The van der Waals surface area contributed by atoms with Gasteiger partial charge in [-0.2, -0.15) is 0 Å². The van der Waals surface area contributed by atoms with Crippen LogP contribution in [0.4, 0.5) is 5.69 Å². The van der Waals surface area contributed by atoms with E-state index in [9.17, 15) is 4.79 Å².